The zero-order valence-corrected chi connectivity index (χ0v) is 15.8. The average molecular weight is 312 g/mol. The molecule has 0 aliphatic heterocycles. The maximum atomic E-state index is 11.3. The summed E-state index contributed by atoms with van der Waals surface area (Å²) in [6.45, 7) is 2.79. The Morgan fingerprint density at radius 1 is 1.23 bits per heavy atom. The van der Waals surface area contributed by atoms with E-state index in [4.69, 9.17) is 4.74 Å². The van der Waals surface area contributed by atoms with Crippen LogP contribution in [0.3, 0.4) is 0 Å². The van der Waals surface area contributed by atoms with E-state index >= 15 is 0 Å². The Balaban J connectivity index is 0.00000242. The van der Waals surface area contributed by atoms with E-state index in [0.717, 1.165) is 12.0 Å². The third-order valence-corrected chi connectivity index (χ3v) is 4.33. The van der Waals surface area contributed by atoms with Gasteiger partial charge in [0.1, 0.15) is 0 Å². The molecule has 2 rings (SSSR count). The predicted molar refractivity (Wildman–Crippen MR) is 81.1 cm³/mol. The Kier molecular flexibility index (Phi) is 9.34. The quantitative estimate of drug-likeness (QED) is 0.526. The molecule has 0 heterocycles. The van der Waals surface area contributed by atoms with Gasteiger partial charge in [-0.15, -0.1) is 0 Å². The fourth-order valence-electron chi connectivity index (χ4n) is 3.08. The van der Waals surface area contributed by atoms with Crippen molar-refractivity contribution in [2.24, 2.45) is 0 Å². The molecule has 1 aliphatic carbocycles. The molecular formula is C18H25NaO3. The number of carbonyl (C=O) groups excluding carboxylic acids is 1. The van der Waals surface area contributed by atoms with Gasteiger partial charge in [0.2, 0.25) is 0 Å². The van der Waals surface area contributed by atoms with Gasteiger partial charge in [-0.2, -0.15) is 0 Å². The van der Waals surface area contributed by atoms with Crippen LogP contribution in [0.25, 0.3) is 0 Å². The van der Waals surface area contributed by atoms with Crippen LogP contribution in [0.1, 0.15) is 68.4 Å². The molecule has 0 radical (unpaired) electrons. The van der Waals surface area contributed by atoms with Crippen molar-refractivity contribution in [1.82, 2.24) is 0 Å². The summed E-state index contributed by atoms with van der Waals surface area (Å²) in [5, 5.41) is 11.3. The van der Waals surface area contributed by atoms with Crippen LogP contribution in [0.4, 0.5) is 0 Å². The Morgan fingerprint density at radius 2 is 1.86 bits per heavy atom. The Bertz CT molecular complexity index is 438. The number of hydrogen-bond acceptors (Lipinski definition) is 3. The number of carboxylic acids is 1. The molecule has 0 spiro atoms. The smallest absolute Gasteiger partial charge is 0.549 e. The number of ether oxygens (including phenoxy) is 1. The summed E-state index contributed by atoms with van der Waals surface area (Å²) in [6, 6.07) is 8.03. The van der Waals surface area contributed by atoms with Crippen molar-refractivity contribution in [3.05, 3.63) is 35.4 Å². The molecule has 1 atom stereocenters. The van der Waals surface area contributed by atoms with E-state index in [-0.39, 0.29) is 36.2 Å². The molecule has 3 nitrogen and oxygen atoms in total. The average Bonchev–Trinajstić information content (AvgIpc) is 2.52. The van der Waals surface area contributed by atoms with E-state index in [0.29, 0.717) is 12.5 Å². The second-order valence-corrected chi connectivity index (χ2v) is 5.95. The van der Waals surface area contributed by atoms with Gasteiger partial charge in [-0.25, -0.2) is 0 Å². The van der Waals surface area contributed by atoms with Crippen LogP contribution >= 0.6 is 0 Å². The summed E-state index contributed by atoms with van der Waals surface area (Å²) in [6.07, 6.45) is 7.35. The minimum Gasteiger partial charge on any atom is -0.549 e. The van der Waals surface area contributed by atoms with E-state index in [2.05, 4.69) is 12.1 Å². The Hall–Kier alpha value is -0.350. The normalized spacial score (nSPS) is 16.8. The summed E-state index contributed by atoms with van der Waals surface area (Å²) < 4.78 is 5.39. The topological polar surface area (TPSA) is 49.4 Å². The maximum absolute atomic E-state index is 11.3. The molecule has 0 N–H and O–H groups in total. The molecule has 1 aromatic carbocycles. The number of aliphatic carboxylic acids is 1. The third-order valence-electron chi connectivity index (χ3n) is 4.33. The first kappa shape index (κ1) is 19.7. The second kappa shape index (κ2) is 10.4. The van der Waals surface area contributed by atoms with Crippen LogP contribution in [0.15, 0.2) is 24.3 Å². The molecule has 116 valence electrons. The van der Waals surface area contributed by atoms with Gasteiger partial charge in [-0.05, 0) is 36.3 Å². The number of rotatable bonds is 7. The minimum absolute atomic E-state index is 0. The molecular weight excluding hydrogens is 287 g/mol. The predicted octanol–water partition coefficient (Wildman–Crippen LogP) is -0.00160. The van der Waals surface area contributed by atoms with Crippen LogP contribution in [0.2, 0.25) is 0 Å². The largest absolute Gasteiger partial charge is 1.00 e. The fourth-order valence-corrected chi connectivity index (χ4v) is 3.08. The Morgan fingerprint density at radius 3 is 2.41 bits per heavy atom. The van der Waals surface area contributed by atoms with E-state index in [9.17, 15) is 9.90 Å². The first-order valence-electron chi connectivity index (χ1n) is 8.10. The molecule has 1 aromatic rings. The van der Waals surface area contributed by atoms with Crippen molar-refractivity contribution < 1.29 is 44.2 Å². The maximum Gasteiger partial charge on any atom is 1.00 e. The van der Waals surface area contributed by atoms with Crippen LogP contribution in [-0.2, 0) is 9.53 Å². The Labute approximate surface area is 155 Å². The molecule has 0 bridgehead atoms. The molecule has 0 aromatic heterocycles. The second-order valence-electron chi connectivity index (χ2n) is 5.95. The van der Waals surface area contributed by atoms with Gasteiger partial charge in [-0.1, -0.05) is 50.5 Å². The zero-order valence-electron chi connectivity index (χ0n) is 13.8. The van der Waals surface area contributed by atoms with Gasteiger partial charge in [0.15, 0.2) is 0 Å². The molecule has 4 heteroatoms. The van der Waals surface area contributed by atoms with E-state index < -0.39 is 11.9 Å². The first-order valence-corrected chi connectivity index (χ1v) is 8.10. The first-order chi connectivity index (χ1) is 10.2. The molecule has 0 amide bonds. The van der Waals surface area contributed by atoms with Crippen LogP contribution in [-0.4, -0.2) is 19.2 Å². The molecule has 1 unspecified atom stereocenters. The minimum atomic E-state index is -1.06. The van der Waals surface area contributed by atoms with Crippen molar-refractivity contribution in [3.8, 4) is 0 Å². The van der Waals surface area contributed by atoms with E-state index in [1.54, 1.807) is 0 Å². The molecule has 1 aliphatic rings. The summed E-state index contributed by atoms with van der Waals surface area (Å²) in [5.41, 5.74) is 2.12. The summed E-state index contributed by atoms with van der Waals surface area (Å²) in [5.74, 6) is -1.08. The summed E-state index contributed by atoms with van der Waals surface area (Å²) in [4.78, 5) is 11.3. The summed E-state index contributed by atoms with van der Waals surface area (Å²) in [7, 11) is 0. The number of carbonyl (C=O) groups is 1. The zero-order chi connectivity index (χ0) is 15.1. The van der Waals surface area contributed by atoms with Crippen molar-refractivity contribution >= 4 is 5.97 Å². The van der Waals surface area contributed by atoms with Gasteiger partial charge < -0.3 is 14.6 Å². The van der Waals surface area contributed by atoms with Gasteiger partial charge in [0, 0.05) is 12.5 Å². The van der Waals surface area contributed by atoms with Gasteiger partial charge in [0.05, 0.1) is 12.6 Å². The SMILES string of the molecule is CCCOCC(C(=O)[O-])c1ccc(C2CCCCC2)cc1.[Na+]. The van der Waals surface area contributed by atoms with Gasteiger partial charge in [0.25, 0.3) is 0 Å². The van der Waals surface area contributed by atoms with Crippen molar-refractivity contribution in [1.29, 1.82) is 0 Å². The number of hydrogen-bond donors (Lipinski definition) is 0. The van der Waals surface area contributed by atoms with Crippen LogP contribution < -0.4 is 34.7 Å². The number of carboxylic acid groups (broad SMARTS) is 1. The third kappa shape index (κ3) is 5.69. The van der Waals surface area contributed by atoms with E-state index in [1.165, 1.54) is 37.7 Å². The van der Waals surface area contributed by atoms with Crippen molar-refractivity contribution in [2.75, 3.05) is 13.2 Å². The van der Waals surface area contributed by atoms with Crippen molar-refractivity contribution in [3.63, 3.8) is 0 Å². The molecule has 1 saturated carbocycles. The van der Waals surface area contributed by atoms with Crippen molar-refractivity contribution in [2.45, 2.75) is 57.3 Å². The standard InChI is InChI=1S/C18H26O3.Na/c1-2-12-21-13-17(18(19)20)16-10-8-15(9-11-16)14-6-4-3-5-7-14;/h8-11,14,17H,2-7,12-13H2,1H3,(H,19,20);/q;+1/p-1. The fraction of sp³-hybridized carbons (Fsp3) is 0.611. The van der Waals surface area contributed by atoms with Gasteiger partial charge >= 0.3 is 29.6 Å². The van der Waals surface area contributed by atoms with Gasteiger partial charge in [-0.3, -0.25) is 0 Å². The molecule has 1 fully saturated rings. The number of benzene rings is 1. The molecule has 22 heavy (non-hydrogen) atoms. The van der Waals surface area contributed by atoms with Crippen LogP contribution in [0, 0.1) is 0 Å². The van der Waals surface area contributed by atoms with E-state index in [1.807, 2.05) is 19.1 Å². The molecule has 0 saturated heterocycles. The monoisotopic (exact) mass is 312 g/mol. The summed E-state index contributed by atoms with van der Waals surface area (Å²) >= 11 is 0. The van der Waals surface area contributed by atoms with Crippen LogP contribution in [0.5, 0.6) is 0 Å².